The number of piperidine rings is 1. The maximum Gasteiger partial charge on any atom is 0.307 e. The van der Waals surface area contributed by atoms with Crippen LogP contribution in [0.4, 0.5) is 5.69 Å². The highest BCUT2D eigenvalue weighted by Gasteiger charge is 2.24. The highest BCUT2D eigenvalue weighted by molar-refractivity contribution is 5.91. The van der Waals surface area contributed by atoms with Crippen LogP contribution in [0.15, 0.2) is 28.9 Å². The molecule has 122 valence electrons. The highest BCUT2D eigenvalue weighted by Crippen LogP contribution is 2.19. The molecule has 2 aromatic heterocycles. The molecule has 0 unspecified atom stereocenters. The van der Waals surface area contributed by atoms with E-state index >= 15 is 0 Å². The van der Waals surface area contributed by atoms with Gasteiger partial charge in [-0.15, -0.1) is 0 Å². The van der Waals surface area contributed by atoms with Crippen molar-refractivity contribution in [3.63, 3.8) is 0 Å². The van der Waals surface area contributed by atoms with Gasteiger partial charge in [0.05, 0.1) is 11.5 Å². The minimum absolute atomic E-state index is 0.0739. The van der Waals surface area contributed by atoms with E-state index in [2.05, 4.69) is 12.0 Å². The van der Waals surface area contributed by atoms with Gasteiger partial charge in [0.2, 0.25) is 0 Å². The molecule has 0 aromatic carbocycles. The predicted octanol–water partition coefficient (Wildman–Crippen LogP) is 2.30. The second-order valence-electron chi connectivity index (χ2n) is 5.92. The minimum Gasteiger partial charge on any atom is -0.454 e. The maximum atomic E-state index is 12.4. The minimum atomic E-state index is -0.502. The lowest BCUT2D eigenvalue weighted by Crippen LogP contribution is -2.38. The molecule has 0 radical (unpaired) electrons. The number of furan rings is 1. The fraction of sp³-hybridized carbons (Fsp3) is 0.467. The summed E-state index contributed by atoms with van der Waals surface area (Å²) in [5, 5.41) is 14.5. The maximum absolute atomic E-state index is 12.4. The van der Waals surface area contributed by atoms with Crippen LogP contribution < -0.4 is 0 Å². The van der Waals surface area contributed by atoms with Crippen LogP contribution in [0, 0.1) is 16.0 Å². The molecule has 3 heterocycles. The zero-order valence-electron chi connectivity index (χ0n) is 12.8. The third kappa shape index (κ3) is 3.41. The number of nitro groups is 1. The molecule has 0 N–H and O–H groups in total. The van der Waals surface area contributed by atoms with Crippen LogP contribution in [0.25, 0.3) is 0 Å². The molecule has 23 heavy (non-hydrogen) atoms. The van der Waals surface area contributed by atoms with Gasteiger partial charge in [0.25, 0.3) is 5.91 Å². The van der Waals surface area contributed by atoms with E-state index in [1.807, 2.05) is 4.90 Å². The number of amides is 1. The van der Waals surface area contributed by atoms with Crippen molar-refractivity contribution in [2.24, 2.45) is 5.92 Å². The fourth-order valence-corrected chi connectivity index (χ4v) is 2.80. The van der Waals surface area contributed by atoms with Crippen molar-refractivity contribution in [3.8, 4) is 0 Å². The summed E-state index contributed by atoms with van der Waals surface area (Å²) in [6.07, 6.45) is 4.67. The molecule has 1 fully saturated rings. The summed E-state index contributed by atoms with van der Waals surface area (Å²) >= 11 is 0. The Morgan fingerprint density at radius 1 is 1.52 bits per heavy atom. The monoisotopic (exact) mass is 318 g/mol. The van der Waals surface area contributed by atoms with Gasteiger partial charge in [0.1, 0.15) is 18.2 Å². The molecule has 0 aliphatic carbocycles. The first-order chi connectivity index (χ1) is 11.0. The normalized spacial score (nSPS) is 18.1. The number of nitrogens with zero attached hydrogens (tertiary/aromatic N) is 4. The first-order valence-electron chi connectivity index (χ1n) is 7.58. The van der Waals surface area contributed by atoms with Gasteiger partial charge in [-0.05, 0) is 30.9 Å². The summed E-state index contributed by atoms with van der Waals surface area (Å²) < 4.78 is 7.00. The van der Waals surface area contributed by atoms with Crippen molar-refractivity contribution in [2.45, 2.75) is 26.3 Å². The topological polar surface area (TPSA) is 94.4 Å². The first-order valence-corrected chi connectivity index (χ1v) is 7.58. The van der Waals surface area contributed by atoms with E-state index in [9.17, 15) is 14.9 Å². The zero-order valence-corrected chi connectivity index (χ0v) is 12.8. The number of carbonyl (C=O) groups is 1. The Morgan fingerprint density at radius 2 is 2.35 bits per heavy atom. The first kappa shape index (κ1) is 15.3. The lowest BCUT2D eigenvalue weighted by molar-refractivity contribution is -0.385. The van der Waals surface area contributed by atoms with Crippen LogP contribution in [0.3, 0.4) is 0 Å². The van der Waals surface area contributed by atoms with Crippen LogP contribution in [0.5, 0.6) is 0 Å². The van der Waals surface area contributed by atoms with Gasteiger partial charge >= 0.3 is 5.69 Å². The van der Waals surface area contributed by atoms with Gasteiger partial charge in [-0.25, -0.2) is 0 Å². The molecular formula is C15H18N4O4. The molecule has 3 rings (SSSR count). The van der Waals surface area contributed by atoms with E-state index < -0.39 is 4.92 Å². The quantitative estimate of drug-likeness (QED) is 0.637. The van der Waals surface area contributed by atoms with Crippen molar-refractivity contribution < 1.29 is 14.1 Å². The largest absolute Gasteiger partial charge is 0.454 e. The van der Waals surface area contributed by atoms with Gasteiger partial charge in [0.15, 0.2) is 5.76 Å². The Bertz CT molecular complexity index is 721. The van der Waals surface area contributed by atoms with Crippen molar-refractivity contribution in [3.05, 3.63) is 46.2 Å². The highest BCUT2D eigenvalue weighted by atomic mass is 16.6. The lowest BCUT2D eigenvalue weighted by atomic mass is 10.0. The summed E-state index contributed by atoms with van der Waals surface area (Å²) in [4.78, 5) is 24.4. The molecule has 1 aliphatic rings. The second kappa shape index (κ2) is 6.23. The second-order valence-corrected chi connectivity index (χ2v) is 5.92. The number of likely N-dealkylation sites (tertiary alicyclic amines) is 1. The van der Waals surface area contributed by atoms with Gasteiger partial charge in [-0.3, -0.25) is 19.6 Å². The average molecular weight is 318 g/mol. The van der Waals surface area contributed by atoms with Crippen molar-refractivity contribution in [2.75, 3.05) is 13.1 Å². The SMILES string of the molecule is C[C@H]1CCCN(C(=O)c2ccc(Cn3cc([N+](=O)[O-])cn3)o2)C1. The van der Waals surface area contributed by atoms with Crippen LogP contribution >= 0.6 is 0 Å². The number of hydrogen-bond donors (Lipinski definition) is 0. The number of rotatable bonds is 4. The van der Waals surface area contributed by atoms with Crippen LogP contribution in [0.1, 0.15) is 36.1 Å². The molecule has 0 spiro atoms. The number of aromatic nitrogens is 2. The Balaban J connectivity index is 1.67. The van der Waals surface area contributed by atoms with Gasteiger partial charge in [0, 0.05) is 13.1 Å². The van der Waals surface area contributed by atoms with Gasteiger partial charge < -0.3 is 9.32 Å². The van der Waals surface area contributed by atoms with Crippen LogP contribution in [-0.4, -0.2) is 38.6 Å². The summed E-state index contributed by atoms with van der Waals surface area (Å²) in [5.41, 5.74) is -0.0739. The molecule has 8 heteroatoms. The van der Waals surface area contributed by atoms with Crippen LogP contribution in [-0.2, 0) is 6.54 Å². The average Bonchev–Trinajstić information content (AvgIpc) is 3.16. The molecule has 8 nitrogen and oxygen atoms in total. The Labute approximate surface area is 132 Å². The van der Waals surface area contributed by atoms with Crippen molar-refractivity contribution in [1.82, 2.24) is 14.7 Å². The predicted molar refractivity (Wildman–Crippen MR) is 81.0 cm³/mol. The fourth-order valence-electron chi connectivity index (χ4n) is 2.80. The smallest absolute Gasteiger partial charge is 0.307 e. The Morgan fingerprint density at radius 3 is 3.04 bits per heavy atom. The summed E-state index contributed by atoms with van der Waals surface area (Å²) in [5.74, 6) is 1.24. The molecule has 2 aromatic rings. The molecule has 1 aliphatic heterocycles. The van der Waals surface area contributed by atoms with E-state index in [-0.39, 0.29) is 18.1 Å². The molecule has 1 saturated heterocycles. The Kier molecular flexibility index (Phi) is 4.14. The van der Waals surface area contributed by atoms with Crippen LogP contribution in [0.2, 0.25) is 0 Å². The summed E-state index contributed by atoms with van der Waals surface area (Å²) in [7, 11) is 0. The molecule has 0 bridgehead atoms. The standard InChI is InChI=1S/C15H18N4O4/c1-11-3-2-6-17(8-11)15(20)14-5-4-13(23-14)10-18-9-12(7-16-18)19(21)22/h4-5,7,9,11H,2-3,6,8,10H2,1H3/t11-/m0/s1. The van der Waals surface area contributed by atoms with Gasteiger partial charge in [-0.1, -0.05) is 6.92 Å². The molecule has 0 saturated carbocycles. The third-order valence-electron chi connectivity index (χ3n) is 3.96. The summed E-state index contributed by atoms with van der Waals surface area (Å²) in [6.45, 7) is 3.89. The molecule has 1 amide bonds. The number of carbonyl (C=O) groups excluding carboxylic acids is 1. The zero-order chi connectivity index (χ0) is 16.4. The van der Waals surface area contributed by atoms with E-state index in [0.717, 1.165) is 25.9 Å². The lowest BCUT2D eigenvalue weighted by Gasteiger charge is -2.30. The van der Waals surface area contributed by atoms with Crippen molar-refractivity contribution >= 4 is 11.6 Å². The molecule has 1 atom stereocenters. The van der Waals surface area contributed by atoms with E-state index in [1.165, 1.54) is 17.1 Å². The van der Waals surface area contributed by atoms with Crippen molar-refractivity contribution in [1.29, 1.82) is 0 Å². The van der Waals surface area contributed by atoms with Gasteiger partial charge in [-0.2, -0.15) is 5.10 Å². The Hall–Kier alpha value is -2.64. The van der Waals surface area contributed by atoms with E-state index in [1.54, 1.807) is 12.1 Å². The third-order valence-corrected chi connectivity index (χ3v) is 3.96. The summed E-state index contributed by atoms with van der Waals surface area (Å²) in [6, 6.07) is 3.35. The van der Waals surface area contributed by atoms with E-state index in [0.29, 0.717) is 17.4 Å². The molecular weight excluding hydrogens is 300 g/mol. The number of hydrogen-bond acceptors (Lipinski definition) is 5. The van der Waals surface area contributed by atoms with E-state index in [4.69, 9.17) is 4.42 Å².